The maximum absolute atomic E-state index is 12.0. The van der Waals surface area contributed by atoms with Gasteiger partial charge in [0.25, 0.3) is 5.91 Å². The molecule has 4 heteroatoms. The molecule has 1 amide bonds. The van der Waals surface area contributed by atoms with E-state index in [1.807, 2.05) is 55.5 Å². The molecular formula is C23H31NO3. The number of nitrogens with one attached hydrogen (secondary N) is 1. The molecule has 0 fully saturated rings. The molecule has 2 rings (SSSR count). The summed E-state index contributed by atoms with van der Waals surface area (Å²) in [7, 11) is 0. The van der Waals surface area contributed by atoms with E-state index in [0.717, 1.165) is 30.0 Å². The lowest BCUT2D eigenvalue weighted by Gasteiger charge is -2.10. The van der Waals surface area contributed by atoms with E-state index in [-0.39, 0.29) is 12.5 Å². The molecule has 0 spiro atoms. The maximum Gasteiger partial charge on any atom is 0.262 e. The van der Waals surface area contributed by atoms with Crippen molar-refractivity contribution < 1.29 is 14.3 Å². The van der Waals surface area contributed by atoms with Crippen LogP contribution in [0.25, 0.3) is 0 Å². The van der Waals surface area contributed by atoms with Gasteiger partial charge in [0.05, 0.1) is 6.61 Å². The normalized spacial score (nSPS) is 10.4. The van der Waals surface area contributed by atoms with Gasteiger partial charge in [-0.25, -0.2) is 0 Å². The Morgan fingerprint density at radius 2 is 1.48 bits per heavy atom. The second-order valence-electron chi connectivity index (χ2n) is 6.74. The molecule has 0 unspecified atom stereocenters. The maximum atomic E-state index is 12.0. The molecule has 0 atom stereocenters. The number of para-hydroxylation sites is 1. The van der Waals surface area contributed by atoms with Gasteiger partial charge >= 0.3 is 0 Å². The topological polar surface area (TPSA) is 47.6 Å². The zero-order valence-electron chi connectivity index (χ0n) is 16.5. The van der Waals surface area contributed by atoms with Crippen molar-refractivity contribution in [3.63, 3.8) is 0 Å². The molecule has 0 aliphatic carbocycles. The smallest absolute Gasteiger partial charge is 0.262 e. The fraction of sp³-hybridized carbons (Fsp3) is 0.435. The van der Waals surface area contributed by atoms with Gasteiger partial charge in [-0.2, -0.15) is 0 Å². The molecule has 0 aromatic heterocycles. The summed E-state index contributed by atoms with van der Waals surface area (Å²) >= 11 is 0. The number of carbonyl (C=O) groups is 1. The van der Waals surface area contributed by atoms with Crippen molar-refractivity contribution in [2.24, 2.45) is 0 Å². The van der Waals surface area contributed by atoms with Gasteiger partial charge in [0, 0.05) is 5.69 Å². The number of benzene rings is 2. The molecule has 27 heavy (non-hydrogen) atoms. The van der Waals surface area contributed by atoms with Gasteiger partial charge in [-0.15, -0.1) is 0 Å². The molecule has 0 aliphatic rings. The number of amides is 1. The van der Waals surface area contributed by atoms with Crippen molar-refractivity contribution in [3.05, 3.63) is 54.1 Å². The van der Waals surface area contributed by atoms with E-state index in [0.29, 0.717) is 5.75 Å². The van der Waals surface area contributed by atoms with E-state index >= 15 is 0 Å². The largest absolute Gasteiger partial charge is 0.494 e. The number of carbonyl (C=O) groups excluding carboxylic acids is 1. The first kappa shape index (κ1) is 20.8. The second-order valence-corrected chi connectivity index (χ2v) is 6.74. The van der Waals surface area contributed by atoms with Gasteiger partial charge in [0.15, 0.2) is 6.61 Å². The minimum absolute atomic E-state index is 0.0215. The van der Waals surface area contributed by atoms with Crippen LogP contribution in [0.15, 0.2) is 48.5 Å². The van der Waals surface area contributed by atoms with E-state index in [9.17, 15) is 4.79 Å². The van der Waals surface area contributed by atoms with Gasteiger partial charge in [-0.3, -0.25) is 4.79 Å². The number of aryl methyl sites for hydroxylation is 1. The molecule has 4 nitrogen and oxygen atoms in total. The number of ether oxygens (including phenoxy) is 2. The molecule has 0 radical (unpaired) electrons. The summed E-state index contributed by atoms with van der Waals surface area (Å²) in [5.41, 5.74) is 1.84. The summed E-state index contributed by atoms with van der Waals surface area (Å²) in [5.74, 6) is 1.31. The van der Waals surface area contributed by atoms with Crippen LogP contribution in [0.4, 0.5) is 5.69 Å². The summed E-state index contributed by atoms with van der Waals surface area (Å²) in [6.07, 6.45) is 7.51. The Morgan fingerprint density at radius 3 is 2.19 bits per heavy atom. The van der Waals surface area contributed by atoms with Crippen LogP contribution in [0.2, 0.25) is 0 Å². The Bertz CT molecular complexity index is 682. The first-order valence-corrected chi connectivity index (χ1v) is 9.90. The van der Waals surface area contributed by atoms with E-state index in [1.165, 1.54) is 32.1 Å². The molecule has 0 saturated heterocycles. The monoisotopic (exact) mass is 369 g/mol. The van der Waals surface area contributed by atoms with E-state index in [1.54, 1.807) is 0 Å². The minimum atomic E-state index is -0.173. The third-order valence-electron chi connectivity index (χ3n) is 4.38. The van der Waals surface area contributed by atoms with Gasteiger partial charge in [-0.1, -0.05) is 57.2 Å². The van der Waals surface area contributed by atoms with Crippen LogP contribution in [-0.4, -0.2) is 19.1 Å². The molecular weight excluding hydrogens is 338 g/mol. The molecule has 146 valence electrons. The Labute approximate surface area is 162 Å². The molecule has 2 aromatic carbocycles. The first-order chi connectivity index (χ1) is 13.2. The molecule has 2 aromatic rings. The summed E-state index contributed by atoms with van der Waals surface area (Å²) in [5, 5.41) is 2.86. The highest BCUT2D eigenvalue weighted by atomic mass is 16.5. The van der Waals surface area contributed by atoms with Crippen LogP contribution in [-0.2, 0) is 4.79 Å². The van der Waals surface area contributed by atoms with Crippen LogP contribution in [0.1, 0.15) is 51.0 Å². The molecule has 1 N–H and O–H groups in total. The van der Waals surface area contributed by atoms with E-state index < -0.39 is 0 Å². The number of rotatable bonds is 12. The van der Waals surface area contributed by atoms with Crippen molar-refractivity contribution in [2.75, 3.05) is 18.5 Å². The van der Waals surface area contributed by atoms with Gasteiger partial charge in [0.1, 0.15) is 11.5 Å². The Balaban J connectivity index is 1.65. The lowest BCUT2D eigenvalue weighted by Crippen LogP contribution is -2.20. The van der Waals surface area contributed by atoms with Gasteiger partial charge in [-0.05, 0) is 49.2 Å². The Kier molecular flexibility index (Phi) is 9.25. The SMILES string of the molecule is CCCCCCCCOc1ccc(OCC(=O)Nc2ccccc2C)cc1. The van der Waals surface area contributed by atoms with Crippen molar-refractivity contribution in [1.82, 2.24) is 0 Å². The van der Waals surface area contributed by atoms with E-state index in [4.69, 9.17) is 9.47 Å². The lowest BCUT2D eigenvalue weighted by molar-refractivity contribution is -0.118. The highest BCUT2D eigenvalue weighted by Gasteiger charge is 2.05. The number of hydrogen-bond acceptors (Lipinski definition) is 3. The summed E-state index contributed by atoms with van der Waals surface area (Å²) in [4.78, 5) is 12.0. The minimum Gasteiger partial charge on any atom is -0.494 e. The molecule has 0 aliphatic heterocycles. The summed E-state index contributed by atoms with van der Waals surface area (Å²) < 4.78 is 11.3. The van der Waals surface area contributed by atoms with Crippen molar-refractivity contribution in [2.45, 2.75) is 52.4 Å². The number of unbranched alkanes of at least 4 members (excludes halogenated alkanes) is 5. The Hall–Kier alpha value is -2.49. The fourth-order valence-electron chi connectivity index (χ4n) is 2.75. The Morgan fingerprint density at radius 1 is 0.852 bits per heavy atom. The fourth-order valence-corrected chi connectivity index (χ4v) is 2.75. The van der Waals surface area contributed by atoms with E-state index in [2.05, 4.69) is 12.2 Å². The zero-order chi connectivity index (χ0) is 19.3. The quantitative estimate of drug-likeness (QED) is 0.484. The third kappa shape index (κ3) is 8.16. The van der Waals surface area contributed by atoms with Crippen molar-refractivity contribution in [1.29, 1.82) is 0 Å². The molecule has 0 bridgehead atoms. The highest BCUT2D eigenvalue weighted by molar-refractivity contribution is 5.92. The first-order valence-electron chi connectivity index (χ1n) is 9.90. The van der Waals surface area contributed by atoms with Crippen molar-refractivity contribution in [3.8, 4) is 11.5 Å². The number of hydrogen-bond donors (Lipinski definition) is 1. The standard InChI is InChI=1S/C23H31NO3/c1-3-4-5-6-7-10-17-26-20-13-15-21(16-14-20)27-18-23(25)24-22-12-9-8-11-19(22)2/h8-9,11-16H,3-7,10,17-18H2,1-2H3,(H,24,25). The van der Waals surface area contributed by atoms with Crippen molar-refractivity contribution >= 4 is 11.6 Å². The molecule has 0 heterocycles. The summed E-state index contributed by atoms with van der Waals surface area (Å²) in [6, 6.07) is 15.1. The average Bonchev–Trinajstić information content (AvgIpc) is 2.68. The van der Waals surface area contributed by atoms with Crippen LogP contribution in [0.3, 0.4) is 0 Å². The van der Waals surface area contributed by atoms with Gasteiger partial charge < -0.3 is 14.8 Å². The zero-order valence-corrected chi connectivity index (χ0v) is 16.5. The summed E-state index contributed by atoms with van der Waals surface area (Å²) in [6.45, 7) is 4.91. The second kappa shape index (κ2) is 12.0. The lowest BCUT2D eigenvalue weighted by atomic mass is 10.1. The van der Waals surface area contributed by atoms with Crippen LogP contribution >= 0.6 is 0 Å². The predicted octanol–water partition coefficient (Wildman–Crippen LogP) is 5.75. The van der Waals surface area contributed by atoms with Crippen LogP contribution < -0.4 is 14.8 Å². The highest BCUT2D eigenvalue weighted by Crippen LogP contribution is 2.18. The average molecular weight is 370 g/mol. The predicted molar refractivity (Wildman–Crippen MR) is 111 cm³/mol. The van der Waals surface area contributed by atoms with Gasteiger partial charge in [0.2, 0.25) is 0 Å². The molecule has 0 saturated carbocycles. The van der Waals surface area contributed by atoms with Crippen LogP contribution in [0.5, 0.6) is 11.5 Å². The third-order valence-corrected chi connectivity index (χ3v) is 4.38. The van der Waals surface area contributed by atoms with Crippen LogP contribution in [0, 0.1) is 6.92 Å². The number of anilines is 1.